The number of halogens is 1. The number of benzene rings is 1. The van der Waals surface area contributed by atoms with Gasteiger partial charge in [0.25, 0.3) is 0 Å². The lowest BCUT2D eigenvalue weighted by Crippen LogP contribution is -1.99. The van der Waals surface area contributed by atoms with Crippen LogP contribution in [0, 0.1) is 0 Å². The Balaban J connectivity index is 2.13. The molecule has 4 heteroatoms. The summed E-state index contributed by atoms with van der Waals surface area (Å²) in [5.74, 6) is 0.714. The van der Waals surface area contributed by atoms with E-state index in [0.717, 1.165) is 28.4 Å². The number of carbonyl (C=O) groups is 1. The summed E-state index contributed by atoms with van der Waals surface area (Å²) in [6.45, 7) is 2.07. The van der Waals surface area contributed by atoms with Crippen molar-refractivity contribution in [2.24, 2.45) is 0 Å². The summed E-state index contributed by atoms with van der Waals surface area (Å²) in [5.41, 5.74) is 3.01. The van der Waals surface area contributed by atoms with Crippen molar-refractivity contribution in [3.63, 3.8) is 0 Å². The van der Waals surface area contributed by atoms with Crippen molar-refractivity contribution >= 4 is 34.2 Å². The van der Waals surface area contributed by atoms with Crippen LogP contribution in [0.2, 0.25) is 5.02 Å². The van der Waals surface area contributed by atoms with Crippen molar-refractivity contribution in [2.75, 3.05) is 11.1 Å². The lowest BCUT2D eigenvalue weighted by Gasteiger charge is -2.08. The molecule has 84 valence electrons. The highest BCUT2D eigenvalue weighted by Gasteiger charge is 2.12. The smallest absolute Gasteiger partial charge is 0.214 e. The third kappa shape index (κ3) is 2.60. The van der Waals surface area contributed by atoms with Gasteiger partial charge in [0.2, 0.25) is 5.12 Å². The molecule has 0 bridgehead atoms. The van der Waals surface area contributed by atoms with E-state index in [-0.39, 0.29) is 5.12 Å². The molecule has 0 aromatic heterocycles. The molecule has 0 amide bonds. The van der Waals surface area contributed by atoms with Gasteiger partial charge in [-0.15, -0.1) is 0 Å². The van der Waals surface area contributed by atoms with Gasteiger partial charge in [-0.1, -0.05) is 36.4 Å². The summed E-state index contributed by atoms with van der Waals surface area (Å²) in [6, 6.07) is 5.89. The van der Waals surface area contributed by atoms with Gasteiger partial charge in [-0.2, -0.15) is 0 Å². The van der Waals surface area contributed by atoms with E-state index in [2.05, 4.69) is 12.2 Å². The second-order valence-electron chi connectivity index (χ2n) is 3.56. The zero-order chi connectivity index (χ0) is 11.5. The minimum absolute atomic E-state index is 0.110. The minimum atomic E-state index is 0.110. The predicted molar refractivity (Wildman–Crippen MR) is 70.0 cm³/mol. The van der Waals surface area contributed by atoms with Gasteiger partial charge in [-0.05, 0) is 24.1 Å². The highest BCUT2D eigenvalue weighted by molar-refractivity contribution is 8.14. The van der Waals surface area contributed by atoms with E-state index in [4.69, 9.17) is 11.6 Å². The number of carbonyl (C=O) groups excluding carboxylic acids is 1. The third-order valence-corrected chi connectivity index (χ3v) is 3.61. The molecule has 0 aliphatic carbocycles. The Morgan fingerprint density at radius 3 is 2.88 bits per heavy atom. The first-order valence-corrected chi connectivity index (χ1v) is 6.48. The van der Waals surface area contributed by atoms with Gasteiger partial charge in [0.15, 0.2) is 0 Å². The van der Waals surface area contributed by atoms with Crippen LogP contribution in [0.1, 0.15) is 12.5 Å². The molecule has 2 rings (SSSR count). The molecular formula is C12H12ClNOS. The fourth-order valence-corrected chi connectivity index (χ4v) is 2.54. The number of rotatable bonds is 3. The predicted octanol–water partition coefficient (Wildman–Crippen LogP) is 3.47. The van der Waals surface area contributed by atoms with Crippen LogP contribution in [0.4, 0.5) is 5.69 Å². The van der Waals surface area contributed by atoms with Crippen LogP contribution in [-0.4, -0.2) is 10.9 Å². The van der Waals surface area contributed by atoms with Crippen molar-refractivity contribution in [3.05, 3.63) is 40.6 Å². The number of thioether (sulfide) groups is 1. The van der Waals surface area contributed by atoms with Gasteiger partial charge in [0.1, 0.15) is 0 Å². The largest absolute Gasteiger partial charge is 0.358 e. The third-order valence-electron chi connectivity index (χ3n) is 2.40. The second-order valence-corrected chi connectivity index (χ2v) is 4.95. The van der Waals surface area contributed by atoms with E-state index < -0.39 is 0 Å². The molecule has 2 nitrogen and oxygen atoms in total. The van der Waals surface area contributed by atoms with E-state index in [1.165, 1.54) is 11.8 Å². The second kappa shape index (κ2) is 4.93. The van der Waals surface area contributed by atoms with Crippen molar-refractivity contribution in [1.29, 1.82) is 0 Å². The first kappa shape index (κ1) is 11.6. The maximum absolute atomic E-state index is 11.0. The molecule has 0 fully saturated rings. The molecule has 1 aliphatic rings. The normalized spacial score (nSPS) is 15.1. The van der Waals surface area contributed by atoms with Crippen molar-refractivity contribution in [3.8, 4) is 0 Å². The average molecular weight is 254 g/mol. The molecule has 1 aromatic carbocycles. The SMILES string of the molecule is CCc1ccc(NC2=CC(=O)SC2)cc1Cl. The molecule has 0 saturated heterocycles. The zero-order valence-corrected chi connectivity index (χ0v) is 10.5. The van der Waals surface area contributed by atoms with E-state index >= 15 is 0 Å². The molecule has 16 heavy (non-hydrogen) atoms. The van der Waals surface area contributed by atoms with E-state index in [1.807, 2.05) is 18.2 Å². The first-order chi connectivity index (χ1) is 7.69. The standard InChI is InChI=1S/C12H12ClNOS/c1-2-8-3-4-9(5-11(8)13)14-10-6-12(15)16-7-10/h3-6,14H,2,7H2,1H3. The van der Waals surface area contributed by atoms with Gasteiger partial charge in [-0.3, -0.25) is 4.79 Å². The van der Waals surface area contributed by atoms with Crippen LogP contribution in [-0.2, 0) is 11.2 Å². The maximum atomic E-state index is 11.0. The summed E-state index contributed by atoms with van der Waals surface area (Å²) < 4.78 is 0. The van der Waals surface area contributed by atoms with E-state index in [9.17, 15) is 4.79 Å². The van der Waals surface area contributed by atoms with Crippen LogP contribution < -0.4 is 5.32 Å². The van der Waals surface area contributed by atoms with Crippen LogP contribution in [0.25, 0.3) is 0 Å². The summed E-state index contributed by atoms with van der Waals surface area (Å²) in [7, 11) is 0. The van der Waals surface area contributed by atoms with Crippen molar-refractivity contribution in [1.82, 2.24) is 0 Å². The molecule has 1 N–H and O–H groups in total. The lowest BCUT2D eigenvalue weighted by atomic mass is 10.1. The first-order valence-electron chi connectivity index (χ1n) is 5.12. The van der Waals surface area contributed by atoms with E-state index in [0.29, 0.717) is 5.75 Å². The fourth-order valence-electron chi connectivity index (χ4n) is 1.54. The highest BCUT2D eigenvalue weighted by atomic mass is 35.5. The number of nitrogens with one attached hydrogen (secondary N) is 1. The molecule has 1 aliphatic heterocycles. The summed E-state index contributed by atoms with van der Waals surface area (Å²) >= 11 is 7.42. The quantitative estimate of drug-likeness (QED) is 0.894. The van der Waals surface area contributed by atoms with Crippen LogP contribution in [0.3, 0.4) is 0 Å². The monoisotopic (exact) mass is 253 g/mol. The molecule has 0 saturated carbocycles. The van der Waals surface area contributed by atoms with Gasteiger partial charge in [-0.25, -0.2) is 0 Å². The topological polar surface area (TPSA) is 29.1 Å². The number of aryl methyl sites for hydroxylation is 1. The molecule has 1 aromatic rings. The Morgan fingerprint density at radius 2 is 2.31 bits per heavy atom. The maximum Gasteiger partial charge on any atom is 0.214 e. The molecule has 0 radical (unpaired) electrons. The molecule has 1 heterocycles. The summed E-state index contributed by atoms with van der Waals surface area (Å²) in [5, 5.41) is 4.08. The molecule has 0 spiro atoms. The Morgan fingerprint density at radius 1 is 1.50 bits per heavy atom. The van der Waals surface area contributed by atoms with Crippen LogP contribution in [0.5, 0.6) is 0 Å². The van der Waals surface area contributed by atoms with Gasteiger partial charge < -0.3 is 5.32 Å². The molecular weight excluding hydrogens is 242 g/mol. The zero-order valence-electron chi connectivity index (χ0n) is 8.92. The Kier molecular flexibility index (Phi) is 3.56. The Labute approximate surface area is 104 Å². The fraction of sp³-hybridized carbons (Fsp3) is 0.250. The molecule has 0 unspecified atom stereocenters. The van der Waals surface area contributed by atoms with Gasteiger partial charge in [0.05, 0.1) is 0 Å². The highest BCUT2D eigenvalue weighted by Crippen LogP contribution is 2.25. The van der Waals surface area contributed by atoms with Crippen molar-refractivity contribution in [2.45, 2.75) is 13.3 Å². The molecule has 0 atom stereocenters. The Hall–Kier alpha value is -0.930. The van der Waals surface area contributed by atoms with Gasteiger partial charge in [0, 0.05) is 28.2 Å². The number of hydrogen-bond donors (Lipinski definition) is 1. The summed E-state index contributed by atoms with van der Waals surface area (Å²) in [6.07, 6.45) is 2.56. The Bertz CT molecular complexity index is 456. The lowest BCUT2D eigenvalue weighted by molar-refractivity contribution is -0.106. The van der Waals surface area contributed by atoms with Crippen LogP contribution >= 0.6 is 23.4 Å². The number of anilines is 1. The number of hydrogen-bond acceptors (Lipinski definition) is 3. The average Bonchev–Trinajstić information content (AvgIpc) is 2.64. The van der Waals surface area contributed by atoms with Crippen LogP contribution in [0.15, 0.2) is 30.0 Å². The minimum Gasteiger partial charge on any atom is -0.358 e. The summed E-state index contributed by atoms with van der Waals surface area (Å²) in [4.78, 5) is 11.0. The van der Waals surface area contributed by atoms with Gasteiger partial charge >= 0.3 is 0 Å². The van der Waals surface area contributed by atoms with E-state index in [1.54, 1.807) is 6.08 Å². The van der Waals surface area contributed by atoms with Crippen molar-refractivity contribution < 1.29 is 4.79 Å².